The molecule has 0 heterocycles. The number of carbonyl (C=O) groups is 3. The molecule has 0 saturated carbocycles. The van der Waals surface area contributed by atoms with Crippen LogP contribution in [0.15, 0.2) is 46.6 Å². The van der Waals surface area contributed by atoms with Crippen LogP contribution in [0.5, 0.6) is 0 Å². The molecule has 1 aromatic carbocycles. The third-order valence-corrected chi connectivity index (χ3v) is 5.47. The van der Waals surface area contributed by atoms with Gasteiger partial charge < -0.3 is 4.79 Å². The minimum atomic E-state index is -4.50. The summed E-state index contributed by atoms with van der Waals surface area (Å²) in [7, 11) is 0. The Morgan fingerprint density at radius 2 is 1.59 bits per heavy atom. The lowest BCUT2D eigenvalue weighted by atomic mass is 9.75. The lowest BCUT2D eigenvalue weighted by Crippen LogP contribution is -2.25. The summed E-state index contributed by atoms with van der Waals surface area (Å²) in [6, 6.07) is 4.91. The van der Waals surface area contributed by atoms with Crippen molar-refractivity contribution in [1.29, 1.82) is 0 Å². The van der Waals surface area contributed by atoms with Gasteiger partial charge in [0.25, 0.3) is 0 Å². The third kappa shape index (κ3) is 5.11. The van der Waals surface area contributed by atoms with Gasteiger partial charge in [0.15, 0.2) is 11.6 Å². The molecule has 0 saturated heterocycles. The highest BCUT2D eigenvalue weighted by atomic mass is 19.4. The van der Waals surface area contributed by atoms with Crippen molar-refractivity contribution in [2.75, 3.05) is 0 Å². The highest BCUT2D eigenvalue weighted by molar-refractivity contribution is 6.25. The maximum Gasteiger partial charge on any atom is 0.416 e. The van der Waals surface area contributed by atoms with Gasteiger partial charge in [0.1, 0.15) is 5.78 Å². The zero-order valence-corrected chi connectivity index (χ0v) is 17.1. The van der Waals surface area contributed by atoms with Crippen LogP contribution in [0.3, 0.4) is 0 Å². The molecule has 0 spiro atoms. The molecule has 0 aromatic heterocycles. The minimum Gasteiger partial charge on any atom is -0.300 e. The summed E-state index contributed by atoms with van der Waals surface area (Å²) in [6.07, 6.45) is -2.62. The number of hydrogen-bond acceptors (Lipinski definition) is 3. The number of rotatable bonds is 7. The first kappa shape index (κ1) is 22.8. The van der Waals surface area contributed by atoms with Crippen LogP contribution in [0.2, 0.25) is 0 Å². The number of allylic oxidation sites excluding steroid dienone is 4. The molecule has 0 bridgehead atoms. The Bertz CT molecular complexity index is 904. The zero-order valence-electron chi connectivity index (χ0n) is 17.1. The van der Waals surface area contributed by atoms with Gasteiger partial charge in [-0.15, -0.1) is 0 Å². The molecular formula is C23H25F3O3. The first-order valence-electron chi connectivity index (χ1n) is 9.59. The fourth-order valence-electron chi connectivity index (χ4n) is 3.67. The van der Waals surface area contributed by atoms with Crippen molar-refractivity contribution in [3.05, 3.63) is 57.7 Å². The van der Waals surface area contributed by atoms with Crippen molar-refractivity contribution in [3.63, 3.8) is 0 Å². The maximum absolute atomic E-state index is 13.2. The number of alkyl halides is 3. The lowest BCUT2D eigenvalue weighted by molar-refractivity contribution is -0.137. The summed E-state index contributed by atoms with van der Waals surface area (Å²) in [6.45, 7) is 6.20. The molecule has 1 aliphatic rings. The predicted octanol–water partition coefficient (Wildman–Crippen LogP) is 5.74. The highest BCUT2D eigenvalue weighted by Gasteiger charge is 2.35. The number of hydrogen-bond donors (Lipinski definition) is 0. The van der Waals surface area contributed by atoms with E-state index in [1.807, 2.05) is 0 Å². The van der Waals surface area contributed by atoms with Crippen molar-refractivity contribution < 1.29 is 27.6 Å². The van der Waals surface area contributed by atoms with Crippen LogP contribution >= 0.6 is 0 Å². The number of benzene rings is 1. The van der Waals surface area contributed by atoms with Crippen molar-refractivity contribution in [3.8, 4) is 0 Å². The van der Waals surface area contributed by atoms with Crippen LogP contribution < -0.4 is 0 Å². The van der Waals surface area contributed by atoms with E-state index in [9.17, 15) is 27.6 Å². The molecule has 1 aliphatic carbocycles. The van der Waals surface area contributed by atoms with E-state index >= 15 is 0 Å². The molecule has 0 fully saturated rings. The molecule has 0 radical (unpaired) electrons. The van der Waals surface area contributed by atoms with E-state index in [0.717, 1.165) is 12.1 Å². The second-order valence-electron chi connectivity index (χ2n) is 7.57. The standard InChI is InChI=1S/C23H25F3O3/c1-13(27)8-5-6-11-19(17-9-7-10-18(12-17)23(24,25)26)20-16(4)21(28)14(2)15(3)22(20)29/h7,9-10,12,19H,5-6,8,11H2,1-4H3. The molecule has 0 aliphatic heterocycles. The van der Waals surface area contributed by atoms with Crippen molar-refractivity contribution in [2.45, 2.75) is 65.5 Å². The van der Waals surface area contributed by atoms with Crippen molar-refractivity contribution >= 4 is 17.3 Å². The maximum atomic E-state index is 13.2. The Labute approximate surface area is 168 Å². The monoisotopic (exact) mass is 406 g/mol. The zero-order chi connectivity index (χ0) is 21.9. The quantitative estimate of drug-likeness (QED) is 0.428. The molecule has 1 unspecified atom stereocenters. The van der Waals surface area contributed by atoms with Gasteiger partial charge in [-0.2, -0.15) is 13.2 Å². The number of carbonyl (C=O) groups excluding carboxylic acids is 3. The van der Waals surface area contributed by atoms with E-state index in [0.29, 0.717) is 42.4 Å². The van der Waals surface area contributed by atoms with Gasteiger partial charge in [-0.3, -0.25) is 9.59 Å². The van der Waals surface area contributed by atoms with E-state index in [-0.39, 0.29) is 28.5 Å². The number of halogens is 3. The molecule has 0 N–H and O–H groups in total. The summed E-state index contributed by atoms with van der Waals surface area (Å²) < 4.78 is 39.7. The van der Waals surface area contributed by atoms with Gasteiger partial charge in [-0.05, 0) is 52.2 Å². The second kappa shape index (κ2) is 8.89. The average Bonchev–Trinajstić information content (AvgIpc) is 2.66. The summed E-state index contributed by atoms with van der Waals surface area (Å²) in [5.74, 6) is -1.15. The van der Waals surface area contributed by atoms with Gasteiger partial charge >= 0.3 is 6.18 Å². The summed E-state index contributed by atoms with van der Waals surface area (Å²) >= 11 is 0. The van der Waals surface area contributed by atoms with Gasteiger partial charge in [-0.25, -0.2) is 0 Å². The van der Waals surface area contributed by atoms with Crippen LogP contribution in [0, 0.1) is 0 Å². The van der Waals surface area contributed by atoms with Crippen molar-refractivity contribution in [2.24, 2.45) is 0 Å². The van der Waals surface area contributed by atoms with E-state index in [1.165, 1.54) is 13.0 Å². The molecule has 156 valence electrons. The van der Waals surface area contributed by atoms with Crippen LogP contribution in [-0.2, 0) is 20.6 Å². The Kier molecular flexibility index (Phi) is 6.98. The average molecular weight is 406 g/mol. The SMILES string of the molecule is CC(=O)CCCCC(C1=C(C)C(=O)C(C)=C(C)C1=O)c1cccc(C(F)(F)F)c1. The van der Waals surface area contributed by atoms with E-state index in [2.05, 4.69) is 0 Å². The highest BCUT2D eigenvalue weighted by Crippen LogP contribution is 2.39. The Balaban J connectivity index is 2.50. The second-order valence-corrected chi connectivity index (χ2v) is 7.57. The Hall–Kier alpha value is -2.50. The lowest BCUT2D eigenvalue weighted by Gasteiger charge is -2.27. The smallest absolute Gasteiger partial charge is 0.300 e. The molecule has 6 heteroatoms. The van der Waals surface area contributed by atoms with Gasteiger partial charge in [-0.1, -0.05) is 24.6 Å². The molecule has 0 amide bonds. The topological polar surface area (TPSA) is 51.2 Å². The normalized spacial score (nSPS) is 16.5. The van der Waals surface area contributed by atoms with E-state index in [4.69, 9.17) is 0 Å². The van der Waals surface area contributed by atoms with Crippen LogP contribution in [0.4, 0.5) is 13.2 Å². The fraction of sp³-hybridized carbons (Fsp3) is 0.435. The Morgan fingerprint density at radius 1 is 0.966 bits per heavy atom. The third-order valence-electron chi connectivity index (χ3n) is 5.47. The van der Waals surface area contributed by atoms with E-state index < -0.39 is 17.7 Å². The van der Waals surface area contributed by atoms with E-state index in [1.54, 1.807) is 26.8 Å². The van der Waals surface area contributed by atoms with Crippen molar-refractivity contribution in [1.82, 2.24) is 0 Å². The molecule has 2 rings (SSSR count). The fourth-order valence-corrected chi connectivity index (χ4v) is 3.67. The summed E-state index contributed by atoms with van der Waals surface area (Å²) in [5, 5.41) is 0. The molecule has 3 nitrogen and oxygen atoms in total. The predicted molar refractivity (Wildman–Crippen MR) is 104 cm³/mol. The van der Waals surface area contributed by atoms with Crippen LogP contribution in [0.1, 0.15) is 70.4 Å². The molecular weight excluding hydrogens is 381 g/mol. The first-order valence-corrected chi connectivity index (χ1v) is 9.59. The van der Waals surface area contributed by atoms with Crippen LogP contribution in [0.25, 0.3) is 0 Å². The molecule has 1 atom stereocenters. The van der Waals surface area contributed by atoms with Gasteiger partial charge in [0, 0.05) is 34.6 Å². The van der Waals surface area contributed by atoms with Gasteiger partial charge in [0.05, 0.1) is 5.56 Å². The van der Waals surface area contributed by atoms with Crippen LogP contribution in [-0.4, -0.2) is 17.3 Å². The molecule has 29 heavy (non-hydrogen) atoms. The first-order chi connectivity index (χ1) is 13.4. The summed E-state index contributed by atoms with van der Waals surface area (Å²) in [4.78, 5) is 36.8. The largest absolute Gasteiger partial charge is 0.416 e. The molecule has 1 aromatic rings. The number of unbranched alkanes of at least 4 members (excludes halogenated alkanes) is 1. The van der Waals surface area contributed by atoms with Gasteiger partial charge in [0.2, 0.25) is 0 Å². The minimum absolute atomic E-state index is 0.0364. The summed E-state index contributed by atoms with van der Waals surface area (Å²) in [5.41, 5.74) is 0.810. The Morgan fingerprint density at radius 3 is 2.17 bits per heavy atom. The number of ketones is 3. The number of Topliss-reactive ketones (excluding diaryl/α,β-unsaturated/α-hetero) is 3.